The molecule has 0 saturated carbocycles. The zero-order valence-corrected chi connectivity index (χ0v) is 12.8. The molecule has 0 unspecified atom stereocenters. The quantitative estimate of drug-likeness (QED) is 0.783. The summed E-state index contributed by atoms with van der Waals surface area (Å²) in [4.78, 5) is 12.2. The second-order valence-corrected chi connectivity index (χ2v) is 4.82. The van der Waals surface area contributed by atoms with Crippen LogP contribution in [0.4, 0.5) is 5.69 Å². The second-order valence-electron chi connectivity index (χ2n) is 4.82. The Balaban J connectivity index is 1.79. The molecule has 0 spiro atoms. The highest BCUT2D eigenvalue weighted by Gasteiger charge is 2.16. The minimum absolute atomic E-state index is 0.190. The van der Waals surface area contributed by atoms with Gasteiger partial charge in [0, 0.05) is 18.8 Å². The van der Waals surface area contributed by atoms with Crippen LogP contribution in [0.2, 0.25) is 0 Å². The topological polar surface area (TPSA) is 82.2 Å². The van der Waals surface area contributed by atoms with E-state index in [-0.39, 0.29) is 11.6 Å². The maximum atomic E-state index is 12.2. The lowest BCUT2D eigenvalue weighted by atomic mass is 10.1. The number of anilines is 1. The van der Waals surface area contributed by atoms with Crippen molar-refractivity contribution in [2.24, 2.45) is 0 Å². The summed E-state index contributed by atoms with van der Waals surface area (Å²) in [6.07, 6.45) is 3.34. The summed E-state index contributed by atoms with van der Waals surface area (Å²) >= 11 is 0. The molecule has 2 aromatic heterocycles. The molecule has 2 heterocycles. The third kappa shape index (κ3) is 3.08. The average molecular weight is 312 g/mol. The Morgan fingerprint density at radius 1 is 1.39 bits per heavy atom. The predicted molar refractivity (Wildman–Crippen MR) is 84.3 cm³/mol. The smallest absolute Gasteiger partial charge is 0.277 e. The van der Waals surface area contributed by atoms with Crippen LogP contribution in [0.3, 0.4) is 0 Å². The molecule has 1 amide bonds. The first kappa shape index (κ1) is 14.8. The monoisotopic (exact) mass is 312 g/mol. The summed E-state index contributed by atoms with van der Waals surface area (Å²) in [5, 5.41) is 10.6. The lowest BCUT2D eigenvalue weighted by molar-refractivity contribution is 0.101. The minimum Gasteiger partial charge on any atom is -0.496 e. The van der Waals surface area contributed by atoms with E-state index in [1.165, 1.54) is 0 Å². The van der Waals surface area contributed by atoms with Gasteiger partial charge in [0.15, 0.2) is 11.5 Å². The Labute approximate surface area is 132 Å². The van der Waals surface area contributed by atoms with E-state index >= 15 is 0 Å². The third-order valence-electron chi connectivity index (χ3n) is 3.33. The molecule has 0 aliphatic heterocycles. The minimum atomic E-state index is -0.356. The van der Waals surface area contributed by atoms with Crippen LogP contribution in [0.25, 0.3) is 11.3 Å². The standard InChI is InChI=1S/C16H16N4O3/c1-3-20-10-11(9-17-20)18-16(21)13-8-15(23-19-13)12-6-4-5-7-14(12)22-2/h4-10H,3H2,1-2H3,(H,18,21). The molecule has 0 radical (unpaired) electrons. The van der Waals surface area contributed by atoms with Crippen molar-refractivity contribution in [2.75, 3.05) is 12.4 Å². The van der Waals surface area contributed by atoms with Crippen molar-refractivity contribution < 1.29 is 14.1 Å². The van der Waals surface area contributed by atoms with Gasteiger partial charge in [0.25, 0.3) is 5.91 Å². The van der Waals surface area contributed by atoms with Gasteiger partial charge in [-0.25, -0.2) is 0 Å². The predicted octanol–water partition coefficient (Wildman–Crippen LogP) is 2.82. The number of nitrogens with zero attached hydrogens (tertiary/aromatic N) is 3. The van der Waals surface area contributed by atoms with Gasteiger partial charge < -0.3 is 14.6 Å². The lowest BCUT2D eigenvalue weighted by Crippen LogP contribution is -2.11. The number of benzene rings is 1. The van der Waals surface area contributed by atoms with Crippen LogP contribution in [-0.4, -0.2) is 28.0 Å². The number of carbonyl (C=O) groups excluding carboxylic acids is 1. The molecule has 7 heteroatoms. The van der Waals surface area contributed by atoms with Crippen LogP contribution in [0.15, 0.2) is 47.2 Å². The SMILES string of the molecule is CCn1cc(NC(=O)c2cc(-c3ccccc3OC)on2)cn1. The van der Waals surface area contributed by atoms with Crippen molar-refractivity contribution in [3.05, 3.63) is 48.4 Å². The fraction of sp³-hybridized carbons (Fsp3) is 0.188. The Bertz CT molecular complexity index is 822. The Morgan fingerprint density at radius 3 is 2.96 bits per heavy atom. The number of aryl methyl sites for hydroxylation is 1. The summed E-state index contributed by atoms with van der Waals surface area (Å²) in [5.41, 5.74) is 1.54. The van der Waals surface area contributed by atoms with Crippen LogP contribution in [0, 0.1) is 0 Å². The number of amides is 1. The Hall–Kier alpha value is -3.09. The summed E-state index contributed by atoms with van der Waals surface area (Å²) < 4.78 is 12.3. The van der Waals surface area contributed by atoms with Gasteiger partial charge in [-0.3, -0.25) is 9.48 Å². The largest absolute Gasteiger partial charge is 0.496 e. The van der Waals surface area contributed by atoms with Gasteiger partial charge in [0.1, 0.15) is 5.75 Å². The number of aromatic nitrogens is 3. The van der Waals surface area contributed by atoms with Crippen molar-refractivity contribution in [1.29, 1.82) is 0 Å². The lowest BCUT2D eigenvalue weighted by Gasteiger charge is -2.03. The number of para-hydroxylation sites is 1. The summed E-state index contributed by atoms with van der Waals surface area (Å²) in [6.45, 7) is 2.70. The van der Waals surface area contributed by atoms with Crippen molar-refractivity contribution in [2.45, 2.75) is 13.5 Å². The zero-order chi connectivity index (χ0) is 16.2. The molecule has 1 aromatic carbocycles. The maximum absolute atomic E-state index is 12.2. The molecule has 7 nitrogen and oxygen atoms in total. The molecule has 0 atom stereocenters. The highest BCUT2D eigenvalue weighted by Crippen LogP contribution is 2.30. The van der Waals surface area contributed by atoms with E-state index < -0.39 is 0 Å². The van der Waals surface area contributed by atoms with Crippen molar-refractivity contribution in [1.82, 2.24) is 14.9 Å². The number of ether oxygens (including phenoxy) is 1. The van der Waals surface area contributed by atoms with Crippen molar-refractivity contribution in [3.8, 4) is 17.1 Å². The fourth-order valence-corrected chi connectivity index (χ4v) is 2.15. The highest BCUT2D eigenvalue weighted by molar-refractivity contribution is 6.03. The van der Waals surface area contributed by atoms with Gasteiger partial charge in [-0.2, -0.15) is 5.10 Å². The molecule has 118 valence electrons. The molecular formula is C16H16N4O3. The van der Waals surface area contributed by atoms with Crippen molar-refractivity contribution in [3.63, 3.8) is 0 Å². The normalized spacial score (nSPS) is 10.5. The first-order chi connectivity index (χ1) is 11.2. The Morgan fingerprint density at radius 2 is 2.22 bits per heavy atom. The summed E-state index contributed by atoms with van der Waals surface area (Å²) in [6, 6.07) is 8.96. The molecule has 0 aliphatic carbocycles. The molecule has 0 fully saturated rings. The number of hydrogen-bond acceptors (Lipinski definition) is 5. The zero-order valence-electron chi connectivity index (χ0n) is 12.8. The molecular weight excluding hydrogens is 296 g/mol. The van der Waals surface area contributed by atoms with E-state index in [0.29, 0.717) is 17.2 Å². The first-order valence-corrected chi connectivity index (χ1v) is 7.15. The van der Waals surface area contributed by atoms with Gasteiger partial charge in [-0.15, -0.1) is 0 Å². The summed E-state index contributed by atoms with van der Waals surface area (Å²) in [7, 11) is 1.58. The van der Waals surface area contributed by atoms with E-state index in [1.54, 1.807) is 30.3 Å². The number of nitrogens with one attached hydrogen (secondary N) is 1. The number of methoxy groups -OCH3 is 1. The van der Waals surface area contributed by atoms with Gasteiger partial charge in [-0.1, -0.05) is 17.3 Å². The first-order valence-electron chi connectivity index (χ1n) is 7.15. The van der Waals surface area contributed by atoms with E-state index in [2.05, 4.69) is 15.6 Å². The molecule has 0 aliphatic rings. The highest BCUT2D eigenvalue weighted by atomic mass is 16.5. The maximum Gasteiger partial charge on any atom is 0.277 e. The third-order valence-corrected chi connectivity index (χ3v) is 3.33. The second kappa shape index (κ2) is 6.35. The Kier molecular flexibility index (Phi) is 4.09. The van der Waals surface area contributed by atoms with Crippen LogP contribution in [0.1, 0.15) is 17.4 Å². The van der Waals surface area contributed by atoms with Gasteiger partial charge in [0.2, 0.25) is 0 Å². The van der Waals surface area contributed by atoms with E-state index in [0.717, 1.165) is 12.1 Å². The van der Waals surface area contributed by atoms with Gasteiger partial charge >= 0.3 is 0 Å². The van der Waals surface area contributed by atoms with Crippen LogP contribution >= 0.6 is 0 Å². The molecule has 0 bridgehead atoms. The summed E-state index contributed by atoms with van der Waals surface area (Å²) in [5.74, 6) is 0.766. The number of rotatable bonds is 5. The average Bonchev–Trinajstić information content (AvgIpc) is 3.24. The van der Waals surface area contributed by atoms with Gasteiger partial charge in [0.05, 0.1) is 24.6 Å². The molecule has 3 rings (SSSR count). The van der Waals surface area contributed by atoms with E-state index in [9.17, 15) is 4.79 Å². The number of carbonyl (C=O) groups is 1. The molecule has 23 heavy (non-hydrogen) atoms. The van der Waals surface area contributed by atoms with E-state index in [4.69, 9.17) is 9.26 Å². The number of hydrogen-bond donors (Lipinski definition) is 1. The van der Waals surface area contributed by atoms with E-state index in [1.807, 2.05) is 31.2 Å². The molecule has 3 aromatic rings. The van der Waals surface area contributed by atoms with Crippen LogP contribution in [0.5, 0.6) is 5.75 Å². The molecule has 0 saturated heterocycles. The van der Waals surface area contributed by atoms with Crippen LogP contribution in [-0.2, 0) is 6.54 Å². The van der Waals surface area contributed by atoms with Gasteiger partial charge in [-0.05, 0) is 19.1 Å². The van der Waals surface area contributed by atoms with Crippen molar-refractivity contribution >= 4 is 11.6 Å². The van der Waals surface area contributed by atoms with Crippen LogP contribution < -0.4 is 10.1 Å². The fourth-order valence-electron chi connectivity index (χ4n) is 2.15. The molecule has 1 N–H and O–H groups in total.